The molecule has 0 aliphatic rings. The van der Waals surface area contributed by atoms with Gasteiger partial charge in [-0.1, -0.05) is 0 Å². The summed E-state index contributed by atoms with van der Waals surface area (Å²) in [7, 11) is 1.75. The fourth-order valence-corrected chi connectivity index (χ4v) is 3.14. The Morgan fingerprint density at radius 1 is 1.38 bits per heavy atom. The summed E-state index contributed by atoms with van der Waals surface area (Å²) in [5.74, 6) is 0. The molecule has 2 aromatic heterocycles. The van der Waals surface area contributed by atoms with Crippen molar-refractivity contribution >= 4 is 22.5 Å². The second kappa shape index (κ2) is 7.72. The predicted octanol–water partition coefficient (Wildman–Crippen LogP) is 3.86. The molecule has 2 heterocycles. The Bertz CT molecular complexity index is 670. The summed E-state index contributed by atoms with van der Waals surface area (Å²) in [5, 5.41) is 5.32. The zero-order valence-electron chi connectivity index (χ0n) is 14.7. The van der Waals surface area contributed by atoms with Crippen LogP contribution in [0.1, 0.15) is 39.0 Å². The van der Waals surface area contributed by atoms with Crippen molar-refractivity contribution in [3.63, 3.8) is 0 Å². The van der Waals surface area contributed by atoms with E-state index < -0.39 is 5.60 Å². The molecule has 6 nitrogen and oxygen atoms in total. The van der Waals surface area contributed by atoms with E-state index >= 15 is 0 Å². The highest BCUT2D eigenvalue weighted by Crippen LogP contribution is 2.29. The Morgan fingerprint density at radius 3 is 2.67 bits per heavy atom. The van der Waals surface area contributed by atoms with E-state index in [1.807, 2.05) is 45.2 Å². The molecule has 1 N–H and O–H groups in total. The Hall–Kier alpha value is -1.99. The predicted molar refractivity (Wildman–Crippen MR) is 96.1 cm³/mol. The summed E-state index contributed by atoms with van der Waals surface area (Å²) in [6, 6.07) is 3.57. The Labute approximate surface area is 146 Å². The first kappa shape index (κ1) is 18.4. The van der Waals surface area contributed by atoms with E-state index in [-0.39, 0.29) is 12.1 Å². The SMILES string of the molecule is CC(C)OC(C)(C)c1csc(NC(=O)N(C)Cc2ccncc2)n1. The van der Waals surface area contributed by atoms with Crippen molar-refractivity contribution in [3.8, 4) is 0 Å². The van der Waals surface area contributed by atoms with Crippen LogP contribution in [0.5, 0.6) is 0 Å². The van der Waals surface area contributed by atoms with Gasteiger partial charge >= 0.3 is 6.03 Å². The van der Waals surface area contributed by atoms with Crippen molar-refractivity contribution in [2.75, 3.05) is 12.4 Å². The maximum atomic E-state index is 12.3. The average Bonchev–Trinajstić information content (AvgIpc) is 2.96. The zero-order valence-corrected chi connectivity index (χ0v) is 15.6. The third-order valence-electron chi connectivity index (χ3n) is 3.38. The largest absolute Gasteiger partial charge is 0.367 e. The minimum Gasteiger partial charge on any atom is -0.367 e. The maximum Gasteiger partial charge on any atom is 0.323 e. The molecule has 24 heavy (non-hydrogen) atoms. The average molecular weight is 348 g/mol. The number of carbonyl (C=O) groups is 1. The zero-order chi connectivity index (χ0) is 17.7. The van der Waals surface area contributed by atoms with E-state index in [1.54, 1.807) is 24.3 Å². The van der Waals surface area contributed by atoms with E-state index in [4.69, 9.17) is 4.74 Å². The van der Waals surface area contributed by atoms with Crippen LogP contribution in [0.15, 0.2) is 29.9 Å². The second-order valence-electron chi connectivity index (χ2n) is 6.36. The lowest BCUT2D eigenvalue weighted by molar-refractivity contribution is -0.0623. The number of ether oxygens (including phenoxy) is 1. The van der Waals surface area contributed by atoms with Gasteiger partial charge in [-0.05, 0) is 45.4 Å². The smallest absolute Gasteiger partial charge is 0.323 e. The molecule has 0 saturated carbocycles. The third kappa shape index (κ3) is 5.01. The standard InChI is InChI=1S/C17H24N4O2S/c1-12(2)23-17(3,4)14-11-24-15(19-14)20-16(22)21(5)10-13-6-8-18-9-7-13/h6-9,11-12H,10H2,1-5H3,(H,19,20,22). The molecule has 0 aromatic carbocycles. The van der Waals surface area contributed by atoms with Gasteiger partial charge in [-0.2, -0.15) is 0 Å². The van der Waals surface area contributed by atoms with Gasteiger partial charge in [0.15, 0.2) is 5.13 Å². The molecule has 0 saturated heterocycles. The molecule has 2 rings (SSSR count). The fraction of sp³-hybridized carbons (Fsp3) is 0.471. The number of anilines is 1. The van der Waals surface area contributed by atoms with Crippen LogP contribution in [-0.2, 0) is 16.9 Å². The topological polar surface area (TPSA) is 67.3 Å². The van der Waals surface area contributed by atoms with E-state index in [9.17, 15) is 4.79 Å². The highest BCUT2D eigenvalue weighted by molar-refractivity contribution is 7.13. The number of hydrogen-bond acceptors (Lipinski definition) is 5. The van der Waals surface area contributed by atoms with Crippen LogP contribution in [0, 0.1) is 0 Å². The number of rotatable bonds is 6. The van der Waals surface area contributed by atoms with Crippen molar-refractivity contribution in [1.82, 2.24) is 14.9 Å². The van der Waals surface area contributed by atoms with E-state index in [1.165, 1.54) is 11.3 Å². The van der Waals surface area contributed by atoms with Crippen molar-refractivity contribution in [2.45, 2.75) is 45.9 Å². The van der Waals surface area contributed by atoms with Crippen LogP contribution in [0.25, 0.3) is 0 Å². The number of hydrogen-bond donors (Lipinski definition) is 1. The lowest BCUT2D eigenvalue weighted by atomic mass is 10.1. The summed E-state index contributed by atoms with van der Waals surface area (Å²) < 4.78 is 5.88. The number of urea groups is 1. The summed E-state index contributed by atoms with van der Waals surface area (Å²) in [5.41, 5.74) is 1.35. The molecule has 0 fully saturated rings. The lowest BCUT2D eigenvalue weighted by Crippen LogP contribution is -2.31. The number of carbonyl (C=O) groups excluding carboxylic acids is 1. The molecular weight excluding hydrogens is 324 g/mol. The quantitative estimate of drug-likeness (QED) is 0.861. The number of nitrogens with one attached hydrogen (secondary N) is 1. The van der Waals surface area contributed by atoms with Crippen molar-refractivity contribution in [3.05, 3.63) is 41.2 Å². The van der Waals surface area contributed by atoms with Crippen LogP contribution in [-0.4, -0.2) is 34.1 Å². The minimum atomic E-state index is -0.489. The highest BCUT2D eigenvalue weighted by Gasteiger charge is 2.26. The van der Waals surface area contributed by atoms with Gasteiger partial charge in [0, 0.05) is 31.4 Å². The maximum absolute atomic E-state index is 12.3. The van der Waals surface area contributed by atoms with Gasteiger partial charge in [0.2, 0.25) is 0 Å². The van der Waals surface area contributed by atoms with Gasteiger partial charge in [-0.3, -0.25) is 10.3 Å². The van der Waals surface area contributed by atoms with Gasteiger partial charge in [0.1, 0.15) is 5.60 Å². The van der Waals surface area contributed by atoms with Gasteiger partial charge in [-0.15, -0.1) is 11.3 Å². The van der Waals surface area contributed by atoms with E-state index in [0.717, 1.165) is 11.3 Å². The van der Waals surface area contributed by atoms with Crippen molar-refractivity contribution in [2.24, 2.45) is 0 Å². The number of aromatic nitrogens is 2. The first-order chi connectivity index (χ1) is 11.3. The lowest BCUT2D eigenvalue weighted by Gasteiger charge is -2.25. The molecule has 0 radical (unpaired) electrons. The molecule has 0 spiro atoms. The van der Waals surface area contributed by atoms with Crippen LogP contribution in [0.3, 0.4) is 0 Å². The monoisotopic (exact) mass is 348 g/mol. The van der Waals surface area contributed by atoms with E-state index in [2.05, 4.69) is 15.3 Å². The summed E-state index contributed by atoms with van der Waals surface area (Å²) >= 11 is 1.40. The first-order valence-corrected chi connectivity index (χ1v) is 8.71. The Kier molecular flexibility index (Phi) is 5.90. The molecule has 0 unspecified atom stereocenters. The molecule has 2 aromatic rings. The highest BCUT2D eigenvalue weighted by atomic mass is 32.1. The normalized spacial score (nSPS) is 11.6. The van der Waals surface area contributed by atoms with Crippen LogP contribution in [0.2, 0.25) is 0 Å². The summed E-state index contributed by atoms with van der Waals surface area (Å²) in [4.78, 5) is 22.4. The van der Waals surface area contributed by atoms with Gasteiger partial charge in [0.05, 0.1) is 11.8 Å². The molecule has 0 aliphatic carbocycles. The number of amides is 2. The van der Waals surface area contributed by atoms with Gasteiger partial charge in [0.25, 0.3) is 0 Å². The molecule has 0 atom stereocenters. The first-order valence-electron chi connectivity index (χ1n) is 7.83. The minimum absolute atomic E-state index is 0.103. The van der Waals surface area contributed by atoms with Gasteiger partial charge < -0.3 is 9.64 Å². The Morgan fingerprint density at radius 2 is 2.04 bits per heavy atom. The molecule has 0 aliphatic heterocycles. The number of thiazole rings is 1. The molecule has 7 heteroatoms. The van der Waals surface area contributed by atoms with Crippen LogP contribution >= 0.6 is 11.3 Å². The third-order valence-corrected chi connectivity index (χ3v) is 4.14. The van der Waals surface area contributed by atoms with E-state index in [0.29, 0.717) is 11.7 Å². The van der Waals surface area contributed by atoms with Crippen molar-refractivity contribution in [1.29, 1.82) is 0 Å². The molecule has 130 valence electrons. The molecular formula is C17H24N4O2S. The van der Waals surface area contributed by atoms with Crippen LogP contribution < -0.4 is 5.32 Å². The van der Waals surface area contributed by atoms with Crippen molar-refractivity contribution < 1.29 is 9.53 Å². The number of nitrogens with zero attached hydrogens (tertiary/aromatic N) is 3. The fourth-order valence-electron chi connectivity index (χ4n) is 2.28. The molecule has 2 amide bonds. The molecule has 0 bridgehead atoms. The van der Waals surface area contributed by atoms with Gasteiger partial charge in [-0.25, -0.2) is 9.78 Å². The van der Waals surface area contributed by atoms with Crippen LogP contribution in [0.4, 0.5) is 9.93 Å². The second-order valence-corrected chi connectivity index (χ2v) is 7.21. The Balaban J connectivity index is 1.97. The number of pyridine rings is 1. The summed E-state index contributed by atoms with van der Waals surface area (Å²) in [6.45, 7) is 8.44. The summed E-state index contributed by atoms with van der Waals surface area (Å²) in [6.07, 6.45) is 3.53.